The van der Waals surface area contributed by atoms with Gasteiger partial charge in [0.1, 0.15) is 0 Å². The third-order valence-corrected chi connectivity index (χ3v) is 4.21. The summed E-state index contributed by atoms with van der Waals surface area (Å²) < 4.78 is 0. The van der Waals surface area contributed by atoms with E-state index in [4.69, 9.17) is 4.99 Å². The highest BCUT2D eigenvalue weighted by atomic mass is 14.8. The summed E-state index contributed by atoms with van der Waals surface area (Å²) in [4.78, 5) is 5.00. The first-order chi connectivity index (χ1) is 11.6. The number of rotatable bonds is 2. The molecule has 0 aliphatic carbocycles. The van der Waals surface area contributed by atoms with Gasteiger partial charge in [-0.15, -0.1) is 0 Å². The molecule has 0 spiro atoms. The van der Waals surface area contributed by atoms with Crippen LogP contribution in [0.25, 0.3) is 0 Å². The molecule has 3 rings (SSSR count). The van der Waals surface area contributed by atoms with Crippen molar-refractivity contribution in [1.82, 2.24) is 0 Å². The van der Waals surface area contributed by atoms with Crippen LogP contribution in [0.15, 0.2) is 47.5 Å². The molecule has 1 aliphatic heterocycles. The van der Waals surface area contributed by atoms with Crippen LogP contribution in [0.4, 0.5) is 0 Å². The minimum Gasteiger partial charge on any atom is -0.281 e. The number of aryl methyl sites for hydroxylation is 3. The van der Waals surface area contributed by atoms with E-state index in [1.165, 1.54) is 33.5 Å². The second-order valence-corrected chi connectivity index (χ2v) is 5.81. The van der Waals surface area contributed by atoms with E-state index >= 15 is 0 Å². The molecule has 0 fully saturated rings. The molecule has 1 heteroatoms. The lowest BCUT2D eigenvalue weighted by atomic mass is 9.97. The molecule has 0 saturated heterocycles. The van der Waals surface area contributed by atoms with Crippen LogP contribution >= 0.6 is 0 Å². The van der Waals surface area contributed by atoms with E-state index in [0.717, 1.165) is 12.8 Å². The van der Waals surface area contributed by atoms with Crippen molar-refractivity contribution in [1.29, 1.82) is 0 Å². The second kappa shape index (κ2) is 10.1. The Balaban J connectivity index is 0.000000671. The van der Waals surface area contributed by atoms with E-state index in [9.17, 15) is 0 Å². The van der Waals surface area contributed by atoms with Crippen molar-refractivity contribution in [3.8, 4) is 0 Å². The predicted molar refractivity (Wildman–Crippen MR) is 108 cm³/mol. The lowest BCUT2D eigenvalue weighted by Gasteiger charge is -2.11. The molecule has 0 amide bonds. The summed E-state index contributed by atoms with van der Waals surface area (Å²) in [6.45, 7) is 14.5. The zero-order valence-electron chi connectivity index (χ0n) is 16.5. The summed E-state index contributed by atoms with van der Waals surface area (Å²) >= 11 is 0. The Morgan fingerprint density at radius 1 is 0.833 bits per heavy atom. The molecule has 2 aromatic rings. The highest BCUT2D eigenvalue weighted by molar-refractivity contribution is 6.02. The van der Waals surface area contributed by atoms with Gasteiger partial charge in [-0.25, -0.2) is 0 Å². The van der Waals surface area contributed by atoms with E-state index in [1.54, 1.807) is 0 Å². The maximum absolute atomic E-state index is 5.00. The van der Waals surface area contributed by atoms with Crippen LogP contribution in [0.5, 0.6) is 0 Å². The monoisotopic (exact) mass is 323 g/mol. The molecular weight excluding hydrogens is 290 g/mol. The van der Waals surface area contributed by atoms with Crippen molar-refractivity contribution in [3.05, 3.63) is 70.3 Å². The molecule has 0 saturated carbocycles. The number of hydrogen-bond donors (Lipinski definition) is 0. The Morgan fingerprint density at radius 2 is 1.50 bits per heavy atom. The summed E-state index contributed by atoms with van der Waals surface area (Å²) in [5, 5.41) is 0. The molecule has 1 aliphatic rings. The van der Waals surface area contributed by atoms with Gasteiger partial charge in [0, 0.05) is 5.71 Å². The van der Waals surface area contributed by atoms with Crippen LogP contribution in [-0.4, -0.2) is 5.71 Å². The largest absolute Gasteiger partial charge is 0.281 e. The standard InChI is InChI=1S/C19H21N.2C2H6/c1-13-8-9-17(15(3)12-13)19-11-10-18(20-19)16-7-5-4-6-14(16)2;2*1-2/h4-9,12,19H,10-11H2,1-3H3;2*1-2H3. The smallest absolute Gasteiger partial charge is 0.0758 e. The molecule has 1 nitrogen and oxygen atoms in total. The average molecular weight is 324 g/mol. The van der Waals surface area contributed by atoms with Crippen LogP contribution in [0.2, 0.25) is 0 Å². The van der Waals surface area contributed by atoms with Crippen molar-refractivity contribution < 1.29 is 0 Å². The molecule has 2 aromatic carbocycles. The minimum absolute atomic E-state index is 0.338. The van der Waals surface area contributed by atoms with Crippen LogP contribution in [0.3, 0.4) is 0 Å². The molecular formula is C23H33N. The molecule has 1 unspecified atom stereocenters. The molecule has 1 heterocycles. The van der Waals surface area contributed by atoms with Gasteiger partial charge in [-0.3, -0.25) is 4.99 Å². The van der Waals surface area contributed by atoms with Crippen LogP contribution in [-0.2, 0) is 0 Å². The SMILES string of the molecule is CC.CC.Cc1ccc(C2CCC(c3ccccc3C)=N2)c(C)c1. The van der Waals surface area contributed by atoms with Gasteiger partial charge in [-0.1, -0.05) is 75.7 Å². The topological polar surface area (TPSA) is 12.4 Å². The zero-order valence-corrected chi connectivity index (χ0v) is 16.5. The highest BCUT2D eigenvalue weighted by Gasteiger charge is 2.22. The summed E-state index contributed by atoms with van der Waals surface area (Å²) in [5.41, 5.74) is 8.00. The van der Waals surface area contributed by atoms with Gasteiger partial charge in [0.15, 0.2) is 0 Å². The summed E-state index contributed by atoms with van der Waals surface area (Å²) in [6.07, 6.45) is 2.22. The first kappa shape index (κ1) is 20.2. The fourth-order valence-corrected chi connectivity index (χ4v) is 3.12. The number of benzene rings is 2. The third-order valence-electron chi connectivity index (χ3n) is 4.21. The van der Waals surface area contributed by atoms with E-state index in [1.807, 2.05) is 27.7 Å². The number of nitrogens with zero attached hydrogens (tertiary/aromatic N) is 1. The van der Waals surface area contributed by atoms with Crippen molar-refractivity contribution in [2.45, 2.75) is 67.3 Å². The van der Waals surface area contributed by atoms with Crippen LogP contribution < -0.4 is 0 Å². The second-order valence-electron chi connectivity index (χ2n) is 5.81. The van der Waals surface area contributed by atoms with Crippen molar-refractivity contribution in [2.75, 3.05) is 0 Å². The van der Waals surface area contributed by atoms with Gasteiger partial charge in [0.05, 0.1) is 6.04 Å². The Morgan fingerprint density at radius 3 is 2.12 bits per heavy atom. The first-order valence-electron chi connectivity index (χ1n) is 9.35. The maximum Gasteiger partial charge on any atom is 0.0758 e. The molecule has 1 atom stereocenters. The number of hydrogen-bond acceptors (Lipinski definition) is 1. The van der Waals surface area contributed by atoms with Crippen LogP contribution in [0, 0.1) is 20.8 Å². The highest BCUT2D eigenvalue weighted by Crippen LogP contribution is 2.33. The van der Waals surface area contributed by atoms with E-state index in [-0.39, 0.29) is 0 Å². The molecule has 0 radical (unpaired) electrons. The van der Waals surface area contributed by atoms with E-state index in [2.05, 4.69) is 63.2 Å². The quantitative estimate of drug-likeness (QED) is 0.565. The summed E-state index contributed by atoms with van der Waals surface area (Å²) in [7, 11) is 0. The number of aliphatic imine (C=N–C) groups is 1. The first-order valence-corrected chi connectivity index (χ1v) is 9.35. The normalized spacial score (nSPS) is 15.6. The lowest BCUT2D eigenvalue weighted by molar-refractivity contribution is 0.718. The summed E-state index contributed by atoms with van der Waals surface area (Å²) in [6, 6.07) is 15.6. The molecule has 130 valence electrons. The van der Waals surface area contributed by atoms with Gasteiger partial charge in [0.2, 0.25) is 0 Å². The van der Waals surface area contributed by atoms with Crippen molar-refractivity contribution in [3.63, 3.8) is 0 Å². The minimum atomic E-state index is 0.338. The zero-order chi connectivity index (χ0) is 18.1. The fourth-order valence-electron chi connectivity index (χ4n) is 3.12. The van der Waals surface area contributed by atoms with Crippen LogP contribution in [0.1, 0.15) is 74.4 Å². The van der Waals surface area contributed by atoms with Gasteiger partial charge in [0.25, 0.3) is 0 Å². The maximum atomic E-state index is 5.00. The van der Waals surface area contributed by atoms with Gasteiger partial charge in [-0.2, -0.15) is 0 Å². The van der Waals surface area contributed by atoms with Gasteiger partial charge in [-0.05, 0) is 55.9 Å². The van der Waals surface area contributed by atoms with E-state index in [0.29, 0.717) is 6.04 Å². The van der Waals surface area contributed by atoms with E-state index < -0.39 is 0 Å². The summed E-state index contributed by atoms with van der Waals surface area (Å²) in [5.74, 6) is 0. The molecule has 0 bridgehead atoms. The van der Waals surface area contributed by atoms with Gasteiger partial charge >= 0.3 is 0 Å². The predicted octanol–water partition coefficient (Wildman–Crippen LogP) is 6.99. The van der Waals surface area contributed by atoms with Crippen molar-refractivity contribution in [2.24, 2.45) is 4.99 Å². The fraction of sp³-hybridized carbons (Fsp3) is 0.435. The molecule has 24 heavy (non-hydrogen) atoms. The molecule has 0 aromatic heterocycles. The Hall–Kier alpha value is -1.89. The Kier molecular flexibility index (Phi) is 8.46. The Labute approximate surface area is 148 Å². The van der Waals surface area contributed by atoms with Gasteiger partial charge < -0.3 is 0 Å². The van der Waals surface area contributed by atoms with Crippen molar-refractivity contribution >= 4 is 5.71 Å². The third kappa shape index (κ3) is 4.80. The Bertz CT molecular complexity index is 667. The molecule has 0 N–H and O–H groups in total. The lowest BCUT2D eigenvalue weighted by Crippen LogP contribution is -1.98. The average Bonchev–Trinajstić information content (AvgIpc) is 3.08.